The lowest BCUT2D eigenvalue weighted by atomic mass is 10.3. The van der Waals surface area contributed by atoms with E-state index in [9.17, 15) is 0 Å². The monoisotopic (exact) mass is 366 g/mol. The molecule has 0 aliphatic heterocycles. The van der Waals surface area contributed by atoms with Crippen molar-refractivity contribution in [2.45, 2.75) is 0 Å². The molecule has 1 aromatic carbocycles. The van der Waals surface area contributed by atoms with Crippen LogP contribution in [0.2, 0.25) is 15.1 Å². The van der Waals surface area contributed by atoms with Crippen molar-refractivity contribution in [1.29, 1.82) is 0 Å². The third-order valence-corrected chi connectivity index (χ3v) is 3.39. The van der Waals surface area contributed by atoms with Crippen molar-refractivity contribution in [3.8, 4) is 11.6 Å². The fourth-order valence-corrected chi connectivity index (χ4v) is 2.31. The number of aromatic nitrogens is 1. The summed E-state index contributed by atoms with van der Waals surface area (Å²) in [5, 5.41) is 0.957. The minimum atomic E-state index is 0.143. The summed E-state index contributed by atoms with van der Waals surface area (Å²) in [4.78, 5) is 3.95. The fraction of sp³-hybridized carbons (Fsp3) is 0. The van der Waals surface area contributed by atoms with Crippen LogP contribution in [-0.4, -0.2) is 4.98 Å². The maximum atomic E-state index is 6.02. The summed E-state index contributed by atoms with van der Waals surface area (Å²) in [5.41, 5.74) is 5.58. The van der Waals surface area contributed by atoms with Crippen LogP contribution in [0.15, 0.2) is 28.7 Å². The molecule has 2 aromatic rings. The van der Waals surface area contributed by atoms with Gasteiger partial charge >= 0.3 is 0 Å². The Bertz CT molecular complexity index is 607. The molecule has 3 nitrogen and oxygen atoms in total. The second kappa shape index (κ2) is 5.53. The summed E-state index contributed by atoms with van der Waals surface area (Å²) in [6.07, 6.45) is 0. The predicted octanol–water partition coefficient (Wildman–Crippen LogP) is 5.18. The van der Waals surface area contributed by atoms with Crippen LogP contribution in [-0.2, 0) is 0 Å². The standard InChI is InChI=1S/C11H6BrCl3N2O/c12-5-1-2-9(6(13)3-5)18-11-8(15)4-7(14)10(16)17-11/h1-4H,(H2,16,17). The molecular weight excluding hydrogens is 362 g/mol. The number of nitrogen functional groups attached to an aromatic ring is 1. The largest absolute Gasteiger partial charge is 0.436 e. The zero-order valence-electron chi connectivity index (χ0n) is 8.75. The number of rotatable bonds is 2. The molecule has 0 spiro atoms. The number of anilines is 1. The summed E-state index contributed by atoms with van der Waals surface area (Å²) < 4.78 is 6.34. The fourth-order valence-electron chi connectivity index (χ4n) is 1.20. The number of pyridine rings is 1. The number of hydrogen-bond donors (Lipinski definition) is 1. The zero-order valence-corrected chi connectivity index (χ0v) is 12.6. The van der Waals surface area contributed by atoms with Crippen LogP contribution < -0.4 is 10.5 Å². The summed E-state index contributed by atoms with van der Waals surface area (Å²) in [7, 11) is 0. The van der Waals surface area contributed by atoms with Crippen LogP contribution in [0.1, 0.15) is 0 Å². The van der Waals surface area contributed by atoms with Gasteiger partial charge in [-0.25, -0.2) is 0 Å². The second-order valence-corrected chi connectivity index (χ2v) is 5.46. The third-order valence-electron chi connectivity index (χ3n) is 2.03. The molecule has 0 fully saturated rings. The maximum Gasteiger partial charge on any atom is 0.240 e. The predicted molar refractivity (Wildman–Crippen MR) is 77.9 cm³/mol. The highest BCUT2D eigenvalue weighted by Gasteiger charge is 2.11. The molecule has 0 amide bonds. The Balaban J connectivity index is 2.37. The molecule has 2 rings (SSSR count). The van der Waals surface area contributed by atoms with Gasteiger partial charge in [0.15, 0.2) is 0 Å². The van der Waals surface area contributed by atoms with Crippen LogP contribution >= 0.6 is 50.7 Å². The molecule has 0 saturated carbocycles. The van der Waals surface area contributed by atoms with E-state index in [2.05, 4.69) is 20.9 Å². The zero-order chi connectivity index (χ0) is 13.3. The molecule has 0 saturated heterocycles. The highest BCUT2D eigenvalue weighted by atomic mass is 79.9. The van der Waals surface area contributed by atoms with Gasteiger partial charge in [-0.1, -0.05) is 50.7 Å². The van der Waals surface area contributed by atoms with Crippen molar-refractivity contribution < 1.29 is 4.74 Å². The molecular formula is C11H6BrCl3N2O. The number of benzene rings is 1. The first kappa shape index (κ1) is 13.7. The highest BCUT2D eigenvalue weighted by Crippen LogP contribution is 2.35. The van der Waals surface area contributed by atoms with E-state index < -0.39 is 0 Å². The highest BCUT2D eigenvalue weighted by molar-refractivity contribution is 9.10. The van der Waals surface area contributed by atoms with Gasteiger partial charge in [-0.05, 0) is 24.3 Å². The summed E-state index contributed by atoms with van der Waals surface area (Å²) >= 11 is 21.1. The van der Waals surface area contributed by atoms with Gasteiger partial charge in [-0.3, -0.25) is 0 Å². The van der Waals surface area contributed by atoms with E-state index in [1.807, 2.05) is 0 Å². The van der Waals surface area contributed by atoms with E-state index in [-0.39, 0.29) is 21.7 Å². The molecule has 0 bridgehead atoms. The smallest absolute Gasteiger partial charge is 0.240 e. The van der Waals surface area contributed by atoms with E-state index in [4.69, 9.17) is 45.3 Å². The Hall–Kier alpha value is -0.680. The quantitative estimate of drug-likeness (QED) is 0.795. The average molecular weight is 368 g/mol. The topological polar surface area (TPSA) is 48.1 Å². The van der Waals surface area contributed by atoms with Crippen molar-refractivity contribution in [2.75, 3.05) is 5.73 Å². The van der Waals surface area contributed by atoms with Gasteiger partial charge in [0, 0.05) is 4.47 Å². The first-order chi connectivity index (χ1) is 8.47. The van der Waals surface area contributed by atoms with Gasteiger partial charge < -0.3 is 10.5 Å². The van der Waals surface area contributed by atoms with Crippen molar-refractivity contribution in [3.63, 3.8) is 0 Å². The minimum Gasteiger partial charge on any atom is -0.436 e. The van der Waals surface area contributed by atoms with Crippen LogP contribution in [0.5, 0.6) is 11.6 Å². The number of nitrogens with zero attached hydrogens (tertiary/aromatic N) is 1. The van der Waals surface area contributed by atoms with Crippen LogP contribution in [0.25, 0.3) is 0 Å². The Morgan fingerprint density at radius 3 is 2.44 bits per heavy atom. The van der Waals surface area contributed by atoms with Crippen molar-refractivity contribution in [3.05, 3.63) is 43.8 Å². The lowest BCUT2D eigenvalue weighted by Crippen LogP contribution is -1.96. The van der Waals surface area contributed by atoms with Crippen LogP contribution in [0, 0.1) is 0 Å². The Kier molecular flexibility index (Phi) is 4.22. The molecule has 0 unspecified atom stereocenters. The van der Waals surface area contributed by atoms with Crippen molar-refractivity contribution in [1.82, 2.24) is 4.98 Å². The molecule has 1 aromatic heterocycles. The molecule has 0 atom stereocenters. The summed E-state index contributed by atoms with van der Waals surface area (Å²) in [5.74, 6) is 0.725. The number of halogens is 4. The molecule has 0 aliphatic carbocycles. The molecule has 7 heteroatoms. The van der Waals surface area contributed by atoms with E-state index in [0.29, 0.717) is 10.8 Å². The number of hydrogen-bond acceptors (Lipinski definition) is 3. The lowest BCUT2D eigenvalue weighted by molar-refractivity contribution is 0.464. The lowest BCUT2D eigenvalue weighted by Gasteiger charge is -2.09. The first-order valence-electron chi connectivity index (χ1n) is 4.72. The SMILES string of the molecule is Nc1nc(Oc2ccc(Br)cc2Cl)c(Cl)cc1Cl. The third kappa shape index (κ3) is 3.01. The van der Waals surface area contributed by atoms with E-state index in [0.717, 1.165) is 4.47 Å². The number of ether oxygens (including phenoxy) is 1. The van der Waals surface area contributed by atoms with Crippen LogP contribution in [0.3, 0.4) is 0 Å². The Morgan fingerprint density at radius 2 is 1.78 bits per heavy atom. The minimum absolute atomic E-state index is 0.143. The second-order valence-electron chi connectivity index (χ2n) is 3.32. The van der Waals surface area contributed by atoms with Gasteiger partial charge in [0.25, 0.3) is 0 Å². The average Bonchev–Trinajstić information content (AvgIpc) is 2.29. The number of nitrogens with two attached hydrogens (primary N) is 1. The van der Waals surface area contributed by atoms with Gasteiger partial charge in [0.1, 0.15) is 16.6 Å². The van der Waals surface area contributed by atoms with E-state index >= 15 is 0 Å². The van der Waals surface area contributed by atoms with E-state index in [1.54, 1.807) is 18.2 Å². The van der Waals surface area contributed by atoms with Crippen molar-refractivity contribution >= 4 is 56.6 Å². The summed E-state index contributed by atoms with van der Waals surface area (Å²) in [6, 6.07) is 6.64. The first-order valence-corrected chi connectivity index (χ1v) is 6.64. The maximum absolute atomic E-state index is 6.02. The summed E-state index contributed by atoms with van der Waals surface area (Å²) in [6.45, 7) is 0. The van der Waals surface area contributed by atoms with Crippen LogP contribution in [0.4, 0.5) is 5.82 Å². The molecule has 94 valence electrons. The Morgan fingerprint density at radius 1 is 1.06 bits per heavy atom. The van der Waals surface area contributed by atoms with Gasteiger partial charge in [-0.2, -0.15) is 4.98 Å². The van der Waals surface area contributed by atoms with E-state index in [1.165, 1.54) is 6.07 Å². The van der Waals surface area contributed by atoms with Gasteiger partial charge in [-0.15, -0.1) is 0 Å². The molecule has 1 heterocycles. The van der Waals surface area contributed by atoms with Gasteiger partial charge in [0.2, 0.25) is 5.88 Å². The Labute approximate surface area is 127 Å². The molecule has 2 N–H and O–H groups in total. The normalized spacial score (nSPS) is 10.4. The molecule has 18 heavy (non-hydrogen) atoms. The van der Waals surface area contributed by atoms with Crippen molar-refractivity contribution in [2.24, 2.45) is 0 Å². The molecule has 0 radical (unpaired) electrons. The van der Waals surface area contributed by atoms with Gasteiger partial charge in [0.05, 0.1) is 10.0 Å². The molecule has 0 aliphatic rings.